The Balaban J connectivity index is 1.93. The summed E-state index contributed by atoms with van der Waals surface area (Å²) in [7, 11) is 2.98. The average Bonchev–Trinajstić information content (AvgIpc) is 3.02. The van der Waals surface area contributed by atoms with Gasteiger partial charge < -0.3 is 4.74 Å². The average molecular weight is 330 g/mol. The number of esters is 1. The highest BCUT2D eigenvalue weighted by molar-refractivity contribution is 7.20. The molecule has 0 saturated carbocycles. The zero-order chi connectivity index (χ0) is 16.6. The molecule has 3 aromatic rings. The summed E-state index contributed by atoms with van der Waals surface area (Å²) in [6, 6.07) is 10.8. The Morgan fingerprint density at radius 3 is 2.52 bits per heavy atom. The van der Waals surface area contributed by atoms with Gasteiger partial charge in [-0.25, -0.2) is 9.59 Å². The summed E-state index contributed by atoms with van der Waals surface area (Å²) in [5.74, 6) is -0.510. The topological polar surface area (TPSA) is 70.3 Å². The van der Waals surface area contributed by atoms with Gasteiger partial charge in [-0.1, -0.05) is 30.3 Å². The van der Waals surface area contributed by atoms with Crippen LogP contribution in [-0.4, -0.2) is 15.1 Å². The second-order valence-corrected chi connectivity index (χ2v) is 6.13. The number of thiophene rings is 1. The minimum atomic E-state index is -0.510. The van der Waals surface area contributed by atoms with Crippen molar-refractivity contribution < 1.29 is 9.53 Å². The van der Waals surface area contributed by atoms with Crippen molar-refractivity contribution in [2.45, 2.75) is 6.61 Å². The Kier molecular flexibility index (Phi) is 3.87. The SMILES string of the molecule is Cn1c(=O)c2cc(C(=O)OCc3ccccc3)sc2n(C)c1=O. The van der Waals surface area contributed by atoms with Crippen LogP contribution >= 0.6 is 11.3 Å². The minimum Gasteiger partial charge on any atom is -0.457 e. The molecule has 0 fully saturated rings. The van der Waals surface area contributed by atoms with Crippen molar-refractivity contribution in [2.75, 3.05) is 0 Å². The number of hydrogen-bond donors (Lipinski definition) is 0. The summed E-state index contributed by atoms with van der Waals surface area (Å²) in [6.45, 7) is 0.158. The van der Waals surface area contributed by atoms with Crippen molar-refractivity contribution in [3.8, 4) is 0 Å². The number of nitrogens with zero attached hydrogens (tertiary/aromatic N) is 2. The van der Waals surface area contributed by atoms with Crippen LogP contribution in [0.15, 0.2) is 46.0 Å². The van der Waals surface area contributed by atoms with Crippen LogP contribution < -0.4 is 11.2 Å². The third kappa shape index (κ3) is 2.70. The van der Waals surface area contributed by atoms with E-state index in [-0.39, 0.29) is 6.61 Å². The van der Waals surface area contributed by atoms with E-state index in [9.17, 15) is 14.4 Å². The van der Waals surface area contributed by atoms with E-state index in [2.05, 4.69) is 0 Å². The number of fused-ring (bicyclic) bond motifs is 1. The highest BCUT2D eigenvalue weighted by Crippen LogP contribution is 2.22. The van der Waals surface area contributed by atoms with Crippen LogP contribution in [0, 0.1) is 0 Å². The number of hydrogen-bond acceptors (Lipinski definition) is 5. The van der Waals surface area contributed by atoms with Gasteiger partial charge >= 0.3 is 11.7 Å². The zero-order valence-corrected chi connectivity index (χ0v) is 13.4. The molecule has 0 amide bonds. The van der Waals surface area contributed by atoms with Crippen LogP contribution in [0.3, 0.4) is 0 Å². The molecule has 0 saturated heterocycles. The van der Waals surface area contributed by atoms with E-state index in [1.807, 2.05) is 30.3 Å². The fourth-order valence-corrected chi connectivity index (χ4v) is 3.26. The van der Waals surface area contributed by atoms with Gasteiger partial charge in [0.2, 0.25) is 0 Å². The molecule has 2 aromatic heterocycles. The molecular formula is C16H14N2O4S. The molecule has 0 atom stereocenters. The van der Waals surface area contributed by atoms with Gasteiger partial charge in [0, 0.05) is 14.1 Å². The van der Waals surface area contributed by atoms with Gasteiger partial charge in [0.25, 0.3) is 5.56 Å². The largest absolute Gasteiger partial charge is 0.457 e. The van der Waals surface area contributed by atoms with E-state index in [0.717, 1.165) is 21.5 Å². The molecule has 0 N–H and O–H groups in total. The van der Waals surface area contributed by atoms with Gasteiger partial charge in [-0.15, -0.1) is 11.3 Å². The summed E-state index contributed by atoms with van der Waals surface area (Å²) >= 11 is 1.08. The predicted octanol–water partition coefficient (Wildman–Crippen LogP) is 1.66. The number of aryl methyl sites for hydroxylation is 1. The molecule has 2 heterocycles. The van der Waals surface area contributed by atoms with Crippen LogP contribution in [0.25, 0.3) is 10.2 Å². The number of carbonyl (C=O) groups is 1. The third-order valence-corrected chi connectivity index (χ3v) is 4.73. The van der Waals surface area contributed by atoms with Gasteiger partial charge in [0.15, 0.2) is 0 Å². The Bertz CT molecular complexity index is 999. The maximum absolute atomic E-state index is 12.2. The number of rotatable bonds is 3. The molecule has 0 unspecified atom stereocenters. The van der Waals surface area contributed by atoms with E-state index in [1.165, 1.54) is 17.7 Å². The first-order valence-electron chi connectivity index (χ1n) is 6.89. The Morgan fingerprint density at radius 2 is 1.83 bits per heavy atom. The second-order valence-electron chi connectivity index (χ2n) is 5.10. The smallest absolute Gasteiger partial charge is 0.348 e. The second kappa shape index (κ2) is 5.85. The third-order valence-electron chi connectivity index (χ3n) is 3.54. The van der Waals surface area contributed by atoms with Crippen LogP contribution in [0.2, 0.25) is 0 Å². The molecule has 0 aliphatic carbocycles. The summed E-state index contributed by atoms with van der Waals surface area (Å²) in [5, 5.41) is 0.339. The molecule has 0 spiro atoms. The highest BCUT2D eigenvalue weighted by atomic mass is 32.1. The fraction of sp³-hybridized carbons (Fsp3) is 0.188. The molecule has 3 rings (SSSR count). The molecule has 0 aliphatic rings. The summed E-state index contributed by atoms with van der Waals surface area (Å²) < 4.78 is 7.64. The lowest BCUT2D eigenvalue weighted by atomic mass is 10.2. The monoisotopic (exact) mass is 330 g/mol. The van der Waals surface area contributed by atoms with Crippen LogP contribution in [0.5, 0.6) is 0 Å². The molecule has 0 radical (unpaired) electrons. The van der Waals surface area contributed by atoms with Crippen molar-refractivity contribution in [3.63, 3.8) is 0 Å². The number of carbonyl (C=O) groups excluding carboxylic acids is 1. The van der Waals surface area contributed by atoms with Gasteiger partial charge in [-0.2, -0.15) is 0 Å². The Hall–Kier alpha value is -2.67. The number of ether oxygens (including phenoxy) is 1. The number of benzene rings is 1. The summed E-state index contributed by atoms with van der Waals surface area (Å²) in [4.78, 5) is 37.0. The maximum Gasteiger partial charge on any atom is 0.348 e. The maximum atomic E-state index is 12.2. The molecular weight excluding hydrogens is 316 g/mol. The quantitative estimate of drug-likeness (QED) is 0.685. The molecule has 0 bridgehead atoms. The van der Waals surface area contributed by atoms with E-state index in [4.69, 9.17) is 4.74 Å². The summed E-state index contributed by atoms with van der Waals surface area (Å²) in [5.41, 5.74) is 0.0419. The number of aromatic nitrogens is 2. The molecule has 1 aromatic carbocycles. The van der Waals surface area contributed by atoms with Crippen LogP contribution in [0.4, 0.5) is 0 Å². The van der Waals surface area contributed by atoms with Gasteiger partial charge in [-0.05, 0) is 11.6 Å². The van der Waals surface area contributed by atoms with E-state index >= 15 is 0 Å². The van der Waals surface area contributed by atoms with Gasteiger partial charge in [-0.3, -0.25) is 13.9 Å². The van der Waals surface area contributed by atoms with Gasteiger partial charge in [0.1, 0.15) is 16.3 Å². The van der Waals surface area contributed by atoms with Crippen molar-refractivity contribution >= 4 is 27.5 Å². The van der Waals surface area contributed by atoms with E-state index < -0.39 is 17.2 Å². The normalized spacial score (nSPS) is 10.9. The summed E-state index contributed by atoms with van der Waals surface area (Å²) in [6.07, 6.45) is 0. The fourth-order valence-electron chi connectivity index (χ4n) is 2.26. The first-order valence-corrected chi connectivity index (χ1v) is 7.71. The Labute approximate surface area is 135 Å². The lowest BCUT2D eigenvalue weighted by Gasteiger charge is -2.02. The lowest BCUT2D eigenvalue weighted by Crippen LogP contribution is -2.36. The van der Waals surface area contributed by atoms with Gasteiger partial charge in [0.05, 0.1) is 5.39 Å². The van der Waals surface area contributed by atoms with Crippen LogP contribution in [-0.2, 0) is 25.4 Å². The Morgan fingerprint density at radius 1 is 1.13 bits per heavy atom. The van der Waals surface area contributed by atoms with E-state index in [1.54, 1.807) is 7.05 Å². The van der Waals surface area contributed by atoms with Crippen molar-refractivity contribution in [2.24, 2.45) is 14.1 Å². The first-order chi connectivity index (χ1) is 11.0. The predicted molar refractivity (Wildman–Crippen MR) is 87.9 cm³/mol. The molecule has 118 valence electrons. The minimum absolute atomic E-state index is 0.158. The standard InChI is InChI=1S/C16H14N2O4S/c1-17-13(19)11-8-12(23-14(11)18(2)16(17)21)15(20)22-9-10-6-4-3-5-7-10/h3-8H,9H2,1-2H3. The molecule has 23 heavy (non-hydrogen) atoms. The molecule has 0 aliphatic heterocycles. The molecule has 7 heteroatoms. The molecule has 6 nitrogen and oxygen atoms in total. The van der Waals surface area contributed by atoms with E-state index in [0.29, 0.717) is 15.1 Å². The zero-order valence-electron chi connectivity index (χ0n) is 12.6. The first kappa shape index (κ1) is 15.2. The highest BCUT2D eigenvalue weighted by Gasteiger charge is 2.17. The van der Waals surface area contributed by atoms with Crippen molar-refractivity contribution in [1.29, 1.82) is 0 Å². The van der Waals surface area contributed by atoms with Crippen molar-refractivity contribution in [3.05, 3.63) is 67.7 Å². The lowest BCUT2D eigenvalue weighted by molar-refractivity contribution is 0.0478. The van der Waals surface area contributed by atoms with Crippen molar-refractivity contribution in [1.82, 2.24) is 9.13 Å². The van der Waals surface area contributed by atoms with Crippen LogP contribution in [0.1, 0.15) is 15.2 Å².